The van der Waals surface area contributed by atoms with Crippen molar-refractivity contribution in [1.29, 1.82) is 0 Å². The predicted octanol–water partition coefficient (Wildman–Crippen LogP) is 3.11. The summed E-state index contributed by atoms with van der Waals surface area (Å²) in [6.45, 7) is 10.1. The molecular formula is C16H25N5S2. The smallest absolute Gasteiger partial charge is 0.191 e. The van der Waals surface area contributed by atoms with Crippen molar-refractivity contribution < 1.29 is 0 Å². The molecule has 0 saturated heterocycles. The number of aryl methyl sites for hydroxylation is 1. The minimum atomic E-state index is 0.106. The second kappa shape index (κ2) is 7.88. The molecule has 2 aromatic rings. The SMILES string of the molecule is CN=C(NCCc1ncc(C)s1)NCc1csc(C(C)(C)C)n1. The Balaban J connectivity index is 1.77. The molecule has 0 aromatic carbocycles. The van der Waals surface area contributed by atoms with Crippen molar-refractivity contribution in [3.63, 3.8) is 0 Å². The van der Waals surface area contributed by atoms with Crippen molar-refractivity contribution in [3.8, 4) is 0 Å². The van der Waals surface area contributed by atoms with E-state index in [1.807, 2.05) is 6.20 Å². The summed E-state index contributed by atoms with van der Waals surface area (Å²) in [5.74, 6) is 0.795. The third kappa shape index (κ3) is 5.58. The minimum Gasteiger partial charge on any atom is -0.356 e. The molecule has 2 aromatic heterocycles. The van der Waals surface area contributed by atoms with Crippen LogP contribution in [0.4, 0.5) is 0 Å². The summed E-state index contributed by atoms with van der Waals surface area (Å²) in [4.78, 5) is 14.5. The lowest BCUT2D eigenvalue weighted by Crippen LogP contribution is -2.37. The van der Waals surface area contributed by atoms with E-state index in [4.69, 9.17) is 0 Å². The van der Waals surface area contributed by atoms with E-state index in [-0.39, 0.29) is 5.41 Å². The maximum atomic E-state index is 4.68. The van der Waals surface area contributed by atoms with Crippen LogP contribution in [0, 0.1) is 6.92 Å². The number of hydrogen-bond acceptors (Lipinski definition) is 5. The highest BCUT2D eigenvalue weighted by Gasteiger charge is 2.17. The molecule has 0 aliphatic heterocycles. The molecule has 2 N–H and O–H groups in total. The van der Waals surface area contributed by atoms with Crippen LogP contribution in [0.1, 0.15) is 41.4 Å². The zero-order chi connectivity index (χ0) is 16.9. The van der Waals surface area contributed by atoms with Gasteiger partial charge in [-0.1, -0.05) is 20.8 Å². The summed E-state index contributed by atoms with van der Waals surface area (Å²) < 4.78 is 0. The average molecular weight is 352 g/mol. The molecule has 0 atom stereocenters. The van der Waals surface area contributed by atoms with Crippen molar-refractivity contribution in [2.75, 3.05) is 13.6 Å². The van der Waals surface area contributed by atoms with Crippen molar-refractivity contribution in [2.24, 2.45) is 4.99 Å². The number of nitrogens with one attached hydrogen (secondary N) is 2. The largest absolute Gasteiger partial charge is 0.356 e. The van der Waals surface area contributed by atoms with Crippen LogP contribution in [0.15, 0.2) is 16.6 Å². The highest BCUT2D eigenvalue weighted by atomic mass is 32.1. The lowest BCUT2D eigenvalue weighted by atomic mass is 9.98. The Hall–Kier alpha value is -1.47. The highest BCUT2D eigenvalue weighted by Crippen LogP contribution is 2.25. The fourth-order valence-corrected chi connectivity index (χ4v) is 3.63. The second-order valence-corrected chi connectivity index (χ2v) is 8.54. The van der Waals surface area contributed by atoms with Gasteiger partial charge >= 0.3 is 0 Å². The second-order valence-electron chi connectivity index (χ2n) is 6.36. The van der Waals surface area contributed by atoms with Gasteiger partial charge in [0, 0.05) is 41.9 Å². The van der Waals surface area contributed by atoms with Gasteiger partial charge in [0.05, 0.1) is 22.3 Å². The molecule has 7 heteroatoms. The lowest BCUT2D eigenvalue weighted by Gasteiger charge is -2.14. The Kier molecular flexibility index (Phi) is 6.12. The molecule has 0 bridgehead atoms. The zero-order valence-electron chi connectivity index (χ0n) is 14.4. The number of aliphatic imine (C=N–C) groups is 1. The normalized spacial score (nSPS) is 12.5. The van der Waals surface area contributed by atoms with E-state index in [0.717, 1.165) is 34.6 Å². The monoisotopic (exact) mass is 351 g/mol. The van der Waals surface area contributed by atoms with E-state index in [9.17, 15) is 0 Å². The van der Waals surface area contributed by atoms with Gasteiger partial charge in [0.15, 0.2) is 5.96 Å². The molecule has 0 amide bonds. The molecule has 0 aliphatic rings. The van der Waals surface area contributed by atoms with Gasteiger partial charge in [-0.2, -0.15) is 0 Å². The number of aromatic nitrogens is 2. The van der Waals surface area contributed by atoms with Crippen molar-refractivity contribution in [2.45, 2.75) is 46.1 Å². The molecule has 2 rings (SSSR count). The van der Waals surface area contributed by atoms with Gasteiger partial charge in [0.25, 0.3) is 0 Å². The number of guanidine groups is 1. The average Bonchev–Trinajstić information content (AvgIpc) is 3.11. The Bertz CT molecular complexity index is 651. The van der Waals surface area contributed by atoms with Crippen LogP contribution < -0.4 is 10.6 Å². The van der Waals surface area contributed by atoms with Crippen LogP contribution in [0.5, 0.6) is 0 Å². The molecule has 0 fully saturated rings. The first-order valence-electron chi connectivity index (χ1n) is 7.69. The van der Waals surface area contributed by atoms with Gasteiger partial charge < -0.3 is 10.6 Å². The Morgan fingerprint density at radius 2 is 2.09 bits per heavy atom. The third-order valence-corrected chi connectivity index (χ3v) is 5.44. The van der Waals surface area contributed by atoms with Crippen molar-refractivity contribution >= 4 is 28.6 Å². The maximum absolute atomic E-state index is 4.68. The van der Waals surface area contributed by atoms with E-state index in [0.29, 0.717) is 6.54 Å². The van der Waals surface area contributed by atoms with Crippen LogP contribution in [0.3, 0.4) is 0 Å². The number of rotatable bonds is 5. The van der Waals surface area contributed by atoms with E-state index in [1.54, 1.807) is 29.7 Å². The molecule has 0 spiro atoms. The summed E-state index contributed by atoms with van der Waals surface area (Å²) in [5, 5.41) is 11.0. The molecule has 23 heavy (non-hydrogen) atoms. The number of nitrogens with zero attached hydrogens (tertiary/aromatic N) is 3. The number of hydrogen-bond donors (Lipinski definition) is 2. The van der Waals surface area contributed by atoms with Gasteiger partial charge in [0.1, 0.15) is 0 Å². The summed E-state index contributed by atoms with van der Waals surface area (Å²) in [5.41, 5.74) is 1.16. The van der Waals surface area contributed by atoms with E-state index < -0.39 is 0 Å². The molecule has 0 aliphatic carbocycles. The van der Waals surface area contributed by atoms with Gasteiger partial charge in [-0.25, -0.2) is 9.97 Å². The molecule has 0 saturated carbocycles. The molecular weight excluding hydrogens is 326 g/mol. The lowest BCUT2D eigenvalue weighted by molar-refractivity contribution is 0.582. The molecule has 2 heterocycles. The van der Waals surface area contributed by atoms with E-state index in [1.165, 1.54) is 4.88 Å². The predicted molar refractivity (Wildman–Crippen MR) is 99.6 cm³/mol. The number of thiazole rings is 2. The minimum absolute atomic E-state index is 0.106. The fourth-order valence-electron chi connectivity index (χ4n) is 1.93. The quantitative estimate of drug-likeness (QED) is 0.642. The van der Waals surface area contributed by atoms with Gasteiger partial charge in [0.2, 0.25) is 0 Å². The topological polar surface area (TPSA) is 62.2 Å². The Morgan fingerprint density at radius 1 is 1.30 bits per heavy atom. The zero-order valence-corrected chi connectivity index (χ0v) is 16.1. The summed E-state index contributed by atoms with van der Waals surface area (Å²) >= 11 is 3.46. The maximum Gasteiger partial charge on any atom is 0.191 e. The van der Waals surface area contributed by atoms with Crippen LogP contribution >= 0.6 is 22.7 Å². The molecule has 0 radical (unpaired) electrons. The third-order valence-electron chi connectivity index (χ3n) is 3.15. The van der Waals surface area contributed by atoms with Crippen LogP contribution in [0.2, 0.25) is 0 Å². The Labute approximate surface area is 146 Å². The summed E-state index contributed by atoms with van der Waals surface area (Å²) in [6.07, 6.45) is 2.83. The first-order valence-corrected chi connectivity index (χ1v) is 9.39. The molecule has 126 valence electrons. The first-order chi connectivity index (χ1) is 10.9. The molecule has 5 nitrogen and oxygen atoms in total. The van der Waals surface area contributed by atoms with Gasteiger partial charge in [-0.15, -0.1) is 22.7 Å². The standard InChI is InChI=1S/C16H25N5S2/c1-11-8-19-13(23-11)6-7-18-15(17-5)20-9-12-10-22-14(21-12)16(2,3)4/h8,10H,6-7,9H2,1-5H3,(H2,17,18,20). The summed E-state index contributed by atoms with van der Waals surface area (Å²) in [7, 11) is 1.78. The van der Waals surface area contributed by atoms with Crippen LogP contribution in [0.25, 0.3) is 0 Å². The van der Waals surface area contributed by atoms with Crippen LogP contribution in [-0.4, -0.2) is 29.5 Å². The fraction of sp³-hybridized carbons (Fsp3) is 0.562. The van der Waals surface area contributed by atoms with E-state index in [2.05, 4.69) is 58.7 Å². The Morgan fingerprint density at radius 3 is 2.65 bits per heavy atom. The van der Waals surface area contributed by atoms with Gasteiger partial charge in [-0.05, 0) is 6.92 Å². The highest BCUT2D eigenvalue weighted by molar-refractivity contribution is 7.11. The van der Waals surface area contributed by atoms with Crippen molar-refractivity contribution in [1.82, 2.24) is 20.6 Å². The molecule has 0 unspecified atom stereocenters. The van der Waals surface area contributed by atoms with E-state index >= 15 is 0 Å². The summed E-state index contributed by atoms with van der Waals surface area (Å²) in [6, 6.07) is 0. The van der Waals surface area contributed by atoms with Crippen LogP contribution in [-0.2, 0) is 18.4 Å². The first kappa shape index (κ1) is 17.9. The van der Waals surface area contributed by atoms with Crippen molar-refractivity contribution in [3.05, 3.63) is 32.2 Å². The van der Waals surface area contributed by atoms with Gasteiger partial charge in [-0.3, -0.25) is 4.99 Å².